The number of nitrogens with two attached hydrogens (primary N) is 10. The van der Waals surface area contributed by atoms with Gasteiger partial charge in [-0.1, -0.05) is 0 Å². The van der Waals surface area contributed by atoms with Crippen LogP contribution in [0.4, 0.5) is 0 Å². The Balaban J connectivity index is -0.000000137. The molecule has 0 aliphatic heterocycles. The van der Waals surface area contributed by atoms with Crippen molar-refractivity contribution < 1.29 is 104 Å². The summed E-state index contributed by atoms with van der Waals surface area (Å²) in [5.74, 6) is -10.9. The number of carbonyl (C=O) groups is 11. The molecule has 36 heteroatoms. The molecular formula is C36H74N14O21S. The largest absolute Gasteiger partial charge is 0.481 e. The Hall–Kier alpha value is -7.22. The second-order valence-corrected chi connectivity index (χ2v) is 14.8. The summed E-state index contributed by atoms with van der Waals surface area (Å²) in [5.41, 5.74) is 50.3. The molecule has 0 fully saturated rings. The van der Waals surface area contributed by atoms with Crippen molar-refractivity contribution in [3.63, 3.8) is 0 Å². The SMILES string of the molecule is CSCCC(N)C(=O)O.N=C(N)NCCCC(N)C(=O)O.N=C(N)NCCCC(N)C(=O)O.NC(=O)CCC(N)C(=O)O.NC(CC(=O)O)C(=O)O.NC(CCC(=O)O)C(=O)O.NC(CCC(=O)O)C(=O)O. The number of hydrogen-bond donors (Lipinski definition) is 24. The first-order valence-electron chi connectivity index (χ1n) is 20.4. The summed E-state index contributed by atoms with van der Waals surface area (Å²) < 4.78 is 0. The van der Waals surface area contributed by atoms with Crippen LogP contribution >= 0.6 is 11.8 Å². The van der Waals surface area contributed by atoms with Gasteiger partial charge in [-0.2, -0.15) is 11.8 Å². The van der Waals surface area contributed by atoms with Gasteiger partial charge in [0.2, 0.25) is 5.91 Å². The number of thioether (sulfide) groups is 1. The molecule has 0 spiro atoms. The summed E-state index contributed by atoms with van der Waals surface area (Å²) in [6.07, 6.45) is 3.57. The molecule has 72 heavy (non-hydrogen) atoms. The normalized spacial score (nSPS) is 12.4. The predicted octanol–water partition coefficient (Wildman–Crippen LogP) is -6.46. The Morgan fingerprint density at radius 3 is 0.847 bits per heavy atom. The fourth-order valence-corrected chi connectivity index (χ4v) is 3.70. The number of amides is 1. The lowest BCUT2D eigenvalue weighted by Gasteiger charge is -2.06. The van der Waals surface area contributed by atoms with Crippen molar-refractivity contribution in [1.29, 1.82) is 10.8 Å². The van der Waals surface area contributed by atoms with E-state index in [9.17, 15) is 52.7 Å². The van der Waals surface area contributed by atoms with Crippen LogP contribution in [0.3, 0.4) is 0 Å². The van der Waals surface area contributed by atoms with Crippen LogP contribution in [0.5, 0.6) is 0 Å². The first-order valence-corrected chi connectivity index (χ1v) is 21.8. The molecule has 0 saturated carbocycles. The van der Waals surface area contributed by atoms with Crippen LogP contribution in [0, 0.1) is 10.8 Å². The fraction of sp³-hybridized carbons (Fsp3) is 0.639. The molecule has 7 atom stereocenters. The summed E-state index contributed by atoms with van der Waals surface area (Å²) in [4.78, 5) is 110. The van der Waals surface area contributed by atoms with E-state index in [1.54, 1.807) is 11.8 Å². The van der Waals surface area contributed by atoms with Gasteiger partial charge in [0.05, 0.1) is 6.42 Å². The quantitative estimate of drug-likeness (QED) is 0.0188. The molecule has 0 bridgehead atoms. The molecule has 34 N–H and O–H groups in total. The van der Waals surface area contributed by atoms with Crippen LogP contribution in [0.1, 0.15) is 77.0 Å². The maximum atomic E-state index is 10.2. The van der Waals surface area contributed by atoms with Gasteiger partial charge in [-0.15, -0.1) is 0 Å². The topological polar surface area (TPSA) is 722 Å². The van der Waals surface area contributed by atoms with Crippen molar-refractivity contribution in [2.24, 2.45) is 57.3 Å². The summed E-state index contributed by atoms with van der Waals surface area (Å²) in [6, 6.07) is -6.71. The van der Waals surface area contributed by atoms with E-state index in [1.807, 2.05) is 6.26 Å². The van der Waals surface area contributed by atoms with Crippen molar-refractivity contribution in [2.45, 2.75) is 119 Å². The number of carboxylic acid groups (broad SMARTS) is 10. The first-order chi connectivity index (χ1) is 32.9. The Morgan fingerprint density at radius 1 is 0.403 bits per heavy atom. The third-order valence-electron chi connectivity index (χ3n) is 7.30. The maximum absolute atomic E-state index is 10.2. The third kappa shape index (κ3) is 71.8. The Morgan fingerprint density at radius 2 is 0.653 bits per heavy atom. The van der Waals surface area contributed by atoms with E-state index in [4.69, 9.17) is 119 Å². The van der Waals surface area contributed by atoms with Crippen molar-refractivity contribution in [2.75, 3.05) is 25.1 Å². The molecule has 0 aliphatic carbocycles. The van der Waals surface area contributed by atoms with Crippen molar-refractivity contribution in [3.8, 4) is 0 Å². The van der Waals surface area contributed by atoms with Gasteiger partial charge in [0.25, 0.3) is 0 Å². The number of carboxylic acids is 10. The zero-order valence-corrected chi connectivity index (χ0v) is 40.1. The molecule has 0 rings (SSSR count). The molecule has 0 aromatic rings. The summed E-state index contributed by atoms with van der Waals surface area (Å²) >= 11 is 1.60. The highest BCUT2D eigenvalue weighted by molar-refractivity contribution is 7.98. The molecule has 0 aromatic carbocycles. The van der Waals surface area contributed by atoms with E-state index in [1.165, 1.54) is 0 Å². The number of primary amides is 1. The van der Waals surface area contributed by atoms with Crippen LogP contribution in [0.25, 0.3) is 0 Å². The second kappa shape index (κ2) is 50.2. The smallest absolute Gasteiger partial charge is 0.321 e. The number of rotatable bonds is 29. The molecule has 0 aromatic heterocycles. The third-order valence-corrected chi connectivity index (χ3v) is 7.95. The highest BCUT2D eigenvalue weighted by Gasteiger charge is 2.16. The van der Waals surface area contributed by atoms with E-state index in [-0.39, 0.29) is 50.4 Å². The molecule has 420 valence electrons. The van der Waals surface area contributed by atoms with Gasteiger partial charge in [-0.05, 0) is 63.4 Å². The lowest BCUT2D eigenvalue weighted by atomic mass is 10.2. The molecule has 1 amide bonds. The maximum Gasteiger partial charge on any atom is 0.321 e. The van der Waals surface area contributed by atoms with Gasteiger partial charge in [-0.3, -0.25) is 63.6 Å². The Labute approximate surface area is 415 Å². The summed E-state index contributed by atoms with van der Waals surface area (Å²) in [5, 5.41) is 100. The minimum Gasteiger partial charge on any atom is -0.481 e. The highest BCUT2D eigenvalue weighted by Crippen LogP contribution is 1.98. The van der Waals surface area contributed by atoms with Gasteiger partial charge in [0.1, 0.15) is 42.3 Å². The molecule has 35 nitrogen and oxygen atoms in total. The summed E-state index contributed by atoms with van der Waals surface area (Å²) in [6.45, 7) is 0.965. The lowest BCUT2D eigenvalue weighted by molar-refractivity contribution is -0.144. The lowest BCUT2D eigenvalue weighted by Crippen LogP contribution is -2.34. The first kappa shape index (κ1) is 78.9. The zero-order valence-electron chi connectivity index (χ0n) is 39.3. The molecule has 7 unspecified atom stereocenters. The van der Waals surface area contributed by atoms with Gasteiger partial charge >= 0.3 is 59.7 Å². The van der Waals surface area contributed by atoms with E-state index in [0.717, 1.165) is 5.75 Å². The van der Waals surface area contributed by atoms with E-state index < -0.39 is 114 Å². The van der Waals surface area contributed by atoms with Crippen LogP contribution in [-0.4, -0.2) is 196 Å². The van der Waals surface area contributed by atoms with Gasteiger partial charge < -0.3 is 119 Å². The number of nitrogens with one attached hydrogen (secondary N) is 4. The number of guanidine groups is 2. The van der Waals surface area contributed by atoms with Crippen LogP contribution < -0.4 is 68.0 Å². The van der Waals surface area contributed by atoms with Crippen LogP contribution in [0.15, 0.2) is 0 Å². The van der Waals surface area contributed by atoms with Gasteiger partial charge in [0, 0.05) is 32.4 Å². The van der Waals surface area contributed by atoms with E-state index in [2.05, 4.69) is 10.6 Å². The molecular weight excluding hydrogens is 997 g/mol. The van der Waals surface area contributed by atoms with Crippen molar-refractivity contribution in [3.05, 3.63) is 0 Å². The fourth-order valence-electron chi connectivity index (χ4n) is 3.21. The second-order valence-electron chi connectivity index (χ2n) is 13.8. The summed E-state index contributed by atoms with van der Waals surface area (Å²) in [7, 11) is 0. The van der Waals surface area contributed by atoms with Gasteiger partial charge in [-0.25, -0.2) is 0 Å². The van der Waals surface area contributed by atoms with Crippen LogP contribution in [-0.2, 0) is 52.7 Å². The van der Waals surface area contributed by atoms with E-state index in [0.29, 0.717) is 45.2 Å². The number of hydrogen-bond acceptors (Lipinski definition) is 21. The zero-order chi connectivity index (χ0) is 58.3. The Kier molecular flexibility index (Phi) is 55.0. The molecule has 0 saturated heterocycles. The van der Waals surface area contributed by atoms with E-state index >= 15 is 0 Å². The molecule has 0 radical (unpaired) electrons. The Bertz CT molecular complexity index is 1550. The minimum absolute atomic E-state index is 0.0213. The minimum atomic E-state index is -1.29. The number of aliphatic carboxylic acids is 10. The van der Waals surface area contributed by atoms with Crippen molar-refractivity contribution >= 4 is 89.3 Å². The highest BCUT2D eigenvalue weighted by atomic mass is 32.2. The number of carbonyl (C=O) groups excluding carboxylic acids is 1. The molecule has 0 heterocycles. The average molecular weight is 1070 g/mol. The predicted molar refractivity (Wildman–Crippen MR) is 255 cm³/mol. The van der Waals surface area contributed by atoms with Gasteiger partial charge in [0.15, 0.2) is 11.9 Å². The standard InChI is InChI=1S/2C6H14N4O2.C5H10N2O3.2C5H9NO4.C5H11NO2S.C4H7NO4/c2*7-4(5(11)12)2-1-3-10-6(8)9;3*6-3(5(9)10)1-2-4(7)8;1-9-3-2-4(6)5(7)8;5-2(4(8)9)1-3(6)7/h2*4H,1-3,7H2,(H,11,12)(H4,8,9,10);3H,1-2,6H2,(H2,7,8)(H,9,10);2*3H,1-2,6H2,(H,7,8)(H,9,10);4H,2-3,6H2,1H3,(H,7,8);2H,1,5H2,(H,6,7)(H,8,9). The van der Waals surface area contributed by atoms with Crippen molar-refractivity contribution in [1.82, 2.24) is 10.6 Å². The van der Waals surface area contributed by atoms with Crippen LogP contribution in [0.2, 0.25) is 0 Å². The monoisotopic (exact) mass is 1070 g/mol. The average Bonchev–Trinajstić information content (AvgIpc) is 3.26. The molecule has 0 aliphatic rings.